The molecule has 0 amide bonds. The number of nitrogens with zero attached hydrogens (tertiary/aromatic N) is 1. The number of carbonyl (C=O) groups excluding carboxylic acids is 3. The minimum atomic E-state index is -1.13. The summed E-state index contributed by atoms with van der Waals surface area (Å²) in [5.41, 5.74) is 0. The van der Waals surface area contributed by atoms with Gasteiger partial charge in [-0.2, -0.15) is 0 Å². The average Bonchev–Trinajstić information content (AvgIpc) is 3.00. The molecular formula is C38H71NO7. The lowest BCUT2D eigenvalue weighted by atomic mass is 10.0. The average molecular weight is 654 g/mol. The number of ether oxygens (including phenoxy) is 3. The third-order valence-corrected chi connectivity index (χ3v) is 8.42. The molecule has 0 aromatic carbocycles. The first-order chi connectivity index (χ1) is 22.1. The number of rotatable bonds is 33. The van der Waals surface area contributed by atoms with Crippen molar-refractivity contribution < 1.29 is 38.2 Å². The van der Waals surface area contributed by atoms with Crippen LogP contribution in [0.15, 0.2) is 12.2 Å². The zero-order valence-corrected chi connectivity index (χ0v) is 30.5. The summed E-state index contributed by atoms with van der Waals surface area (Å²) in [7, 11) is 5.39. The Hall–Kier alpha value is -1.93. The molecule has 0 aliphatic heterocycles. The van der Waals surface area contributed by atoms with Crippen LogP contribution in [-0.4, -0.2) is 75.5 Å². The SMILES string of the molecule is CCCCCC/C=C/CCC(=O)OCC(COCCC(C(=O)[O-])[N+](C)(C)C)OC(=O)CCCCCCCCCCCCCCCC. The molecule has 2 unspecified atom stereocenters. The topological polar surface area (TPSA) is 102 Å². The van der Waals surface area contributed by atoms with E-state index in [-0.39, 0.29) is 49.1 Å². The summed E-state index contributed by atoms with van der Waals surface area (Å²) >= 11 is 0. The van der Waals surface area contributed by atoms with Crippen molar-refractivity contribution in [3.8, 4) is 0 Å². The Morgan fingerprint density at radius 1 is 0.630 bits per heavy atom. The summed E-state index contributed by atoms with van der Waals surface area (Å²) in [6, 6.07) is -0.723. The summed E-state index contributed by atoms with van der Waals surface area (Å²) in [6.45, 7) is 4.57. The Kier molecular flexibility index (Phi) is 29.1. The summed E-state index contributed by atoms with van der Waals surface area (Å²) in [4.78, 5) is 36.5. The highest BCUT2D eigenvalue weighted by Gasteiger charge is 2.25. The first-order valence-corrected chi connectivity index (χ1v) is 18.7. The Bertz CT molecular complexity index is 778. The van der Waals surface area contributed by atoms with E-state index in [0.29, 0.717) is 12.8 Å². The molecule has 0 rings (SSSR count). The lowest BCUT2D eigenvalue weighted by Gasteiger charge is -2.34. The molecule has 0 aliphatic rings. The van der Waals surface area contributed by atoms with Crippen molar-refractivity contribution in [3.05, 3.63) is 12.2 Å². The molecule has 0 bridgehead atoms. The molecule has 270 valence electrons. The second-order valence-electron chi connectivity index (χ2n) is 13.8. The van der Waals surface area contributed by atoms with E-state index in [4.69, 9.17) is 14.2 Å². The Morgan fingerprint density at radius 3 is 1.65 bits per heavy atom. The molecule has 0 saturated carbocycles. The van der Waals surface area contributed by atoms with Crippen LogP contribution in [0.3, 0.4) is 0 Å². The van der Waals surface area contributed by atoms with Gasteiger partial charge in [0.25, 0.3) is 0 Å². The van der Waals surface area contributed by atoms with Crippen LogP contribution in [0.4, 0.5) is 0 Å². The third-order valence-electron chi connectivity index (χ3n) is 8.42. The van der Waals surface area contributed by atoms with Gasteiger partial charge < -0.3 is 28.6 Å². The molecule has 0 radical (unpaired) electrons. The maximum Gasteiger partial charge on any atom is 0.306 e. The first kappa shape index (κ1) is 44.1. The zero-order chi connectivity index (χ0) is 34.3. The highest BCUT2D eigenvalue weighted by atomic mass is 16.6. The number of hydrogen-bond donors (Lipinski definition) is 0. The van der Waals surface area contributed by atoms with E-state index in [0.717, 1.165) is 25.7 Å². The van der Waals surface area contributed by atoms with Gasteiger partial charge in [0.05, 0.1) is 40.3 Å². The fourth-order valence-electron chi connectivity index (χ4n) is 5.44. The van der Waals surface area contributed by atoms with Gasteiger partial charge in [-0.25, -0.2) is 0 Å². The summed E-state index contributed by atoms with van der Waals surface area (Å²) in [5, 5.41) is 11.5. The fourth-order valence-corrected chi connectivity index (χ4v) is 5.44. The molecule has 8 nitrogen and oxygen atoms in total. The molecule has 0 heterocycles. The fraction of sp³-hybridized carbons (Fsp3) is 0.868. The minimum absolute atomic E-state index is 0.0341. The van der Waals surface area contributed by atoms with Crippen LogP contribution in [0.25, 0.3) is 0 Å². The van der Waals surface area contributed by atoms with Crippen LogP contribution in [0.5, 0.6) is 0 Å². The minimum Gasteiger partial charge on any atom is -0.544 e. The summed E-state index contributed by atoms with van der Waals surface area (Å²) in [5.74, 6) is -1.80. The maximum absolute atomic E-state index is 12.6. The molecule has 0 aliphatic carbocycles. The number of aliphatic carboxylic acids is 1. The van der Waals surface area contributed by atoms with E-state index in [1.807, 2.05) is 6.08 Å². The number of carboxylic acid groups (broad SMARTS) is 1. The van der Waals surface area contributed by atoms with Crippen molar-refractivity contribution in [2.45, 2.75) is 174 Å². The predicted molar refractivity (Wildman–Crippen MR) is 185 cm³/mol. The number of carbonyl (C=O) groups is 3. The maximum atomic E-state index is 12.6. The number of quaternary nitrogens is 1. The Labute approximate surface area is 282 Å². The van der Waals surface area contributed by atoms with Crippen molar-refractivity contribution >= 4 is 17.9 Å². The van der Waals surface area contributed by atoms with Gasteiger partial charge in [-0.05, 0) is 25.7 Å². The molecule has 8 heteroatoms. The van der Waals surface area contributed by atoms with E-state index in [1.165, 1.54) is 96.3 Å². The van der Waals surface area contributed by atoms with E-state index in [1.54, 1.807) is 21.1 Å². The van der Waals surface area contributed by atoms with Crippen LogP contribution >= 0.6 is 0 Å². The third kappa shape index (κ3) is 28.3. The smallest absolute Gasteiger partial charge is 0.306 e. The normalized spacial score (nSPS) is 13.2. The Morgan fingerprint density at radius 2 is 1.13 bits per heavy atom. The zero-order valence-electron chi connectivity index (χ0n) is 30.5. The Balaban J connectivity index is 4.41. The van der Waals surface area contributed by atoms with Gasteiger partial charge >= 0.3 is 11.9 Å². The lowest BCUT2D eigenvalue weighted by molar-refractivity contribution is -0.889. The largest absolute Gasteiger partial charge is 0.544 e. The van der Waals surface area contributed by atoms with Crippen LogP contribution in [0.2, 0.25) is 0 Å². The first-order valence-electron chi connectivity index (χ1n) is 18.7. The van der Waals surface area contributed by atoms with Crippen LogP contribution in [0, 0.1) is 0 Å². The van der Waals surface area contributed by atoms with Gasteiger partial charge in [0.2, 0.25) is 0 Å². The molecule has 46 heavy (non-hydrogen) atoms. The molecule has 0 aromatic heterocycles. The number of allylic oxidation sites excluding steroid dienone is 2. The number of hydrogen-bond acceptors (Lipinski definition) is 7. The molecule has 0 saturated heterocycles. The predicted octanol–water partition coefficient (Wildman–Crippen LogP) is 7.85. The number of unbranched alkanes of at least 4 members (excludes halogenated alkanes) is 17. The van der Waals surface area contributed by atoms with E-state index in [2.05, 4.69) is 19.9 Å². The van der Waals surface area contributed by atoms with Crippen molar-refractivity contribution in [2.75, 3.05) is 41.0 Å². The van der Waals surface area contributed by atoms with E-state index in [9.17, 15) is 19.5 Å². The van der Waals surface area contributed by atoms with Gasteiger partial charge in [0, 0.05) is 19.3 Å². The van der Waals surface area contributed by atoms with Gasteiger partial charge in [0.1, 0.15) is 12.6 Å². The van der Waals surface area contributed by atoms with Gasteiger partial charge in [0.15, 0.2) is 6.10 Å². The van der Waals surface area contributed by atoms with Gasteiger partial charge in [-0.3, -0.25) is 9.59 Å². The number of carboxylic acids is 1. The van der Waals surface area contributed by atoms with Gasteiger partial charge in [-0.15, -0.1) is 0 Å². The standard InChI is InChI=1S/C38H71NO7/c1-6-8-10-12-14-16-17-18-19-20-21-23-25-27-29-37(41)46-34(32-44-31-30-35(38(42)43)39(3,4)5)33-45-36(40)28-26-24-22-15-13-11-9-7-2/h22,24,34-35H,6-21,23,25-33H2,1-5H3/b24-22+. The lowest BCUT2D eigenvalue weighted by Crippen LogP contribution is -2.55. The monoisotopic (exact) mass is 654 g/mol. The second-order valence-corrected chi connectivity index (χ2v) is 13.8. The molecule has 0 spiro atoms. The highest BCUT2D eigenvalue weighted by molar-refractivity contribution is 5.70. The van der Waals surface area contributed by atoms with Crippen LogP contribution in [0.1, 0.15) is 162 Å². The van der Waals surface area contributed by atoms with E-state index >= 15 is 0 Å². The van der Waals surface area contributed by atoms with Crippen molar-refractivity contribution in [3.63, 3.8) is 0 Å². The quantitative estimate of drug-likeness (QED) is 0.0308. The van der Waals surface area contributed by atoms with Crippen molar-refractivity contribution in [2.24, 2.45) is 0 Å². The number of esters is 2. The summed E-state index contributed by atoms with van der Waals surface area (Å²) in [6.07, 6.45) is 28.2. The van der Waals surface area contributed by atoms with Gasteiger partial charge in [-0.1, -0.05) is 129 Å². The van der Waals surface area contributed by atoms with Crippen molar-refractivity contribution in [1.29, 1.82) is 0 Å². The molecule has 0 aromatic rings. The van der Waals surface area contributed by atoms with Crippen molar-refractivity contribution in [1.82, 2.24) is 0 Å². The van der Waals surface area contributed by atoms with Crippen LogP contribution < -0.4 is 5.11 Å². The summed E-state index contributed by atoms with van der Waals surface area (Å²) < 4.78 is 17.0. The molecular weight excluding hydrogens is 582 g/mol. The van der Waals surface area contributed by atoms with Crippen LogP contribution in [-0.2, 0) is 28.6 Å². The number of likely N-dealkylation sites (N-methyl/N-ethyl adjacent to an activating group) is 1. The molecule has 0 N–H and O–H groups in total. The van der Waals surface area contributed by atoms with E-state index < -0.39 is 18.1 Å². The molecule has 2 atom stereocenters. The highest BCUT2D eigenvalue weighted by Crippen LogP contribution is 2.14. The molecule has 0 fully saturated rings. The second kappa shape index (κ2) is 30.4.